The number of ether oxygens (including phenoxy) is 2. The van der Waals surface area contributed by atoms with E-state index in [2.05, 4.69) is 32.9 Å². The molecule has 8 nitrogen and oxygen atoms in total. The minimum atomic E-state index is -0.455. The summed E-state index contributed by atoms with van der Waals surface area (Å²) >= 11 is 3.43. The Labute approximate surface area is 252 Å². The van der Waals surface area contributed by atoms with E-state index >= 15 is 0 Å². The van der Waals surface area contributed by atoms with E-state index in [0.717, 1.165) is 10.9 Å². The molecule has 0 spiro atoms. The average Bonchev–Trinajstić information content (AvgIpc) is 2.96. The van der Waals surface area contributed by atoms with Crippen LogP contribution in [-0.4, -0.2) is 35.0 Å². The normalized spacial score (nSPS) is 11.9. The topological polar surface area (TPSA) is 94.8 Å². The van der Waals surface area contributed by atoms with Crippen LogP contribution in [0.4, 0.5) is 10.1 Å². The second kappa shape index (κ2) is 14.0. The van der Waals surface area contributed by atoms with Crippen molar-refractivity contribution in [2.24, 2.45) is 5.10 Å². The maximum atomic E-state index is 13.5. The van der Waals surface area contributed by atoms with Crippen molar-refractivity contribution in [3.63, 3.8) is 0 Å². The van der Waals surface area contributed by atoms with E-state index < -0.39 is 11.7 Å². The molecule has 1 aromatic heterocycles. The second-order valence-electron chi connectivity index (χ2n) is 9.58. The van der Waals surface area contributed by atoms with Crippen molar-refractivity contribution in [1.29, 1.82) is 0 Å². The lowest BCUT2D eigenvalue weighted by molar-refractivity contribution is -0.118. The Kier molecular flexibility index (Phi) is 10.2. The zero-order chi connectivity index (χ0) is 30.2. The Morgan fingerprint density at radius 2 is 2.00 bits per heavy atom. The molecule has 0 saturated carbocycles. The van der Waals surface area contributed by atoms with Gasteiger partial charge in [0.1, 0.15) is 11.6 Å². The van der Waals surface area contributed by atoms with E-state index in [9.17, 15) is 14.0 Å². The molecule has 4 aromatic rings. The summed E-state index contributed by atoms with van der Waals surface area (Å²) in [6, 6.07) is 14.6. The molecular formula is C32H32BrFN4O4. The van der Waals surface area contributed by atoms with Crippen LogP contribution in [0.2, 0.25) is 0 Å². The van der Waals surface area contributed by atoms with Crippen LogP contribution >= 0.6 is 15.9 Å². The van der Waals surface area contributed by atoms with Crippen molar-refractivity contribution >= 4 is 44.6 Å². The molecule has 1 amide bonds. The highest BCUT2D eigenvalue weighted by molar-refractivity contribution is 9.10. The molecule has 1 heterocycles. The van der Waals surface area contributed by atoms with E-state index in [4.69, 9.17) is 14.5 Å². The van der Waals surface area contributed by atoms with Crippen molar-refractivity contribution in [2.75, 3.05) is 18.5 Å². The predicted molar refractivity (Wildman–Crippen MR) is 167 cm³/mol. The molecule has 0 aliphatic rings. The van der Waals surface area contributed by atoms with E-state index in [-0.39, 0.29) is 18.1 Å². The Morgan fingerprint density at radius 3 is 2.71 bits per heavy atom. The van der Waals surface area contributed by atoms with Gasteiger partial charge in [-0.25, -0.2) is 9.37 Å². The fourth-order valence-electron chi connectivity index (χ4n) is 4.30. The number of hydrogen-bond acceptors (Lipinski definition) is 6. The van der Waals surface area contributed by atoms with E-state index in [1.165, 1.54) is 22.9 Å². The molecule has 0 radical (unpaired) electrons. The number of allylic oxidation sites excluding steroid dienone is 1. The number of amides is 1. The van der Waals surface area contributed by atoms with Gasteiger partial charge in [-0.05, 0) is 73.9 Å². The summed E-state index contributed by atoms with van der Waals surface area (Å²) in [5.74, 6) is 0.445. The number of hydrogen-bond donors (Lipinski definition) is 1. The molecule has 218 valence electrons. The third kappa shape index (κ3) is 7.30. The van der Waals surface area contributed by atoms with Gasteiger partial charge in [-0.2, -0.15) is 9.78 Å². The molecule has 3 aromatic carbocycles. The maximum absolute atomic E-state index is 13.5. The summed E-state index contributed by atoms with van der Waals surface area (Å²) in [5.41, 5.74) is 2.04. The minimum Gasteiger partial charge on any atom is -0.490 e. The van der Waals surface area contributed by atoms with Crippen molar-refractivity contribution < 1.29 is 18.7 Å². The van der Waals surface area contributed by atoms with Gasteiger partial charge in [0.15, 0.2) is 18.1 Å². The molecule has 0 aliphatic heterocycles. The van der Waals surface area contributed by atoms with E-state index in [1.807, 2.05) is 39.0 Å². The van der Waals surface area contributed by atoms with Crippen LogP contribution in [0.25, 0.3) is 10.9 Å². The molecule has 0 fully saturated rings. The van der Waals surface area contributed by atoms with Gasteiger partial charge >= 0.3 is 0 Å². The van der Waals surface area contributed by atoms with Crippen LogP contribution in [-0.2, 0) is 11.2 Å². The lowest BCUT2D eigenvalue weighted by Gasteiger charge is -2.17. The highest BCUT2D eigenvalue weighted by Gasteiger charge is 2.17. The minimum absolute atomic E-state index is 0.00693. The summed E-state index contributed by atoms with van der Waals surface area (Å²) in [6.07, 6.45) is 4.49. The number of halogens is 2. The highest BCUT2D eigenvalue weighted by atomic mass is 79.9. The zero-order valence-corrected chi connectivity index (χ0v) is 25.3. The SMILES string of the molecule is C=CCc1cc(C=Nn2c([C@H](C)CC)nc3ccc(Br)cc3c2=O)cc(OCC)c1OCC(=O)Nc1cccc(F)c1. The molecule has 0 aliphatic carbocycles. The average molecular weight is 636 g/mol. The van der Waals surface area contributed by atoms with Gasteiger partial charge in [0.25, 0.3) is 11.5 Å². The number of anilines is 1. The highest BCUT2D eigenvalue weighted by Crippen LogP contribution is 2.34. The van der Waals surface area contributed by atoms with E-state index in [1.54, 1.807) is 30.5 Å². The number of rotatable bonds is 12. The standard InChI is InChI=1S/C32H32BrFN4O4/c1-5-9-22-14-21(15-28(41-7-3)30(22)42-19-29(39)36-25-11-8-10-24(34)17-25)18-35-38-31(20(4)6-2)37-27-13-12-23(33)16-26(27)32(38)40/h5,8,10-18,20H,1,6-7,9,19H2,2-4H3,(H,36,39)/t20-/m1/s1. The fourth-order valence-corrected chi connectivity index (χ4v) is 4.66. The van der Waals surface area contributed by atoms with Crippen molar-refractivity contribution in [1.82, 2.24) is 9.66 Å². The number of aromatic nitrogens is 2. The predicted octanol–water partition coefficient (Wildman–Crippen LogP) is 6.84. The quantitative estimate of drug-likeness (QED) is 0.136. The number of benzene rings is 3. The van der Waals surface area contributed by atoms with Crippen molar-refractivity contribution in [2.45, 2.75) is 39.5 Å². The zero-order valence-electron chi connectivity index (χ0n) is 23.7. The third-order valence-corrected chi connectivity index (χ3v) is 6.98. The summed E-state index contributed by atoms with van der Waals surface area (Å²) in [6.45, 7) is 9.74. The first-order valence-electron chi connectivity index (χ1n) is 13.6. The van der Waals surface area contributed by atoms with Gasteiger partial charge in [0, 0.05) is 21.6 Å². The maximum Gasteiger partial charge on any atom is 0.282 e. The smallest absolute Gasteiger partial charge is 0.282 e. The monoisotopic (exact) mass is 634 g/mol. The van der Waals surface area contributed by atoms with Gasteiger partial charge in [0.2, 0.25) is 0 Å². The first-order valence-corrected chi connectivity index (χ1v) is 14.4. The second-order valence-corrected chi connectivity index (χ2v) is 10.5. The van der Waals surface area contributed by atoms with E-state index in [0.29, 0.717) is 58.1 Å². The van der Waals surface area contributed by atoms with Gasteiger partial charge in [-0.3, -0.25) is 9.59 Å². The number of carbonyl (C=O) groups is 1. The molecule has 4 rings (SSSR count). The number of nitrogens with one attached hydrogen (secondary N) is 1. The Bertz CT molecular complexity index is 1700. The molecule has 42 heavy (non-hydrogen) atoms. The summed E-state index contributed by atoms with van der Waals surface area (Å²) < 4.78 is 27.4. The molecular weight excluding hydrogens is 603 g/mol. The Hall–Kier alpha value is -4.31. The molecule has 1 atom stereocenters. The molecule has 1 N–H and O–H groups in total. The Morgan fingerprint density at radius 1 is 1.19 bits per heavy atom. The first-order chi connectivity index (χ1) is 20.2. The molecule has 10 heteroatoms. The Balaban J connectivity index is 1.69. The third-order valence-electron chi connectivity index (χ3n) is 6.48. The first kappa shape index (κ1) is 30.6. The fraction of sp³-hybridized carbons (Fsp3) is 0.250. The molecule has 0 saturated heterocycles. The van der Waals surface area contributed by atoms with Gasteiger partial charge in [-0.15, -0.1) is 6.58 Å². The lowest BCUT2D eigenvalue weighted by Crippen LogP contribution is -2.23. The molecule has 0 bridgehead atoms. The van der Waals surface area contributed by atoms with Crippen molar-refractivity contribution in [3.8, 4) is 11.5 Å². The number of nitrogens with zero attached hydrogens (tertiary/aromatic N) is 3. The van der Waals surface area contributed by atoms with Crippen LogP contribution < -0.4 is 20.3 Å². The van der Waals surface area contributed by atoms with Crippen LogP contribution in [0.3, 0.4) is 0 Å². The van der Waals surface area contributed by atoms with Crippen LogP contribution in [0.5, 0.6) is 11.5 Å². The van der Waals surface area contributed by atoms with Crippen LogP contribution in [0.1, 0.15) is 50.1 Å². The summed E-state index contributed by atoms with van der Waals surface area (Å²) in [4.78, 5) is 30.8. The van der Waals surface area contributed by atoms with Gasteiger partial charge in [0.05, 0.1) is 23.7 Å². The summed E-state index contributed by atoms with van der Waals surface area (Å²) in [5, 5.41) is 7.64. The lowest BCUT2D eigenvalue weighted by atomic mass is 10.1. The summed E-state index contributed by atoms with van der Waals surface area (Å²) in [7, 11) is 0. The number of carbonyl (C=O) groups excluding carboxylic acids is 1. The van der Waals surface area contributed by atoms with Gasteiger partial charge < -0.3 is 14.8 Å². The van der Waals surface area contributed by atoms with Crippen LogP contribution in [0, 0.1) is 5.82 Å². The molecule has 0 unspecified atom stereocenters. The number of fused-ring (bicyclic) bond motifs is 1. The van der Waals surface area contributed by atoms with Crippen LogP contribution in [0.15, 0.2) is 81.6 Å². The van der Waals surface area contributed by atoms with Gasteiger partial charge in [-0.1, -0.05) is 41.9 Å². The van der Waals surface area contributed by atoms with Crippen molar-refractivity contribution in [3.05, 3.63) is 105 Å². The largest absolute Gasteiger partial charge is 0.490 e.